The quantitative estimate of drug-likeness (QED) is 0.665. The first-order valence-corrected chi connectivity index (χ1v) is 12.8. The minimum Gasteiger partial charge on any atom is -0.207 e. The fourth-order valence-corrected chi connectivity index (χ4v) is 6.92. The molecule has 0 spiro atoms. The van der Waals surface area contributed by atoms with E-state index in [1.54, 1.807) is 13.8 Å². The number of rotatable bonds is 7. The maximum atomic E-state index is 13.3. The SMILES string of the molecule is CCN(CC)S(=O)(=O)c1ccc(S(=O)(=O)N2CCCC2c2ccc(C)cc2)cc1. The third-order valence-electron chi connectivity index (χ3n) is 5.44. The van der Waals surface area contributed by atoms with Gasteiger partial charge in [-0.25, -0.2) is 16.8 Å². The van der Waals surface area contributed by atoms with Crippen molar-refractivity contribution < 1.29 is 16.8 Å². The molecule has 1 aliphatic rings. The molecule has 1 fully saturated rings. The van der Waals surface area contributed by atoms with E-state index in [4.69, 9.17) is 0 Å². The first-order valence-electron chi connectivity index (χ1n) is 9.90. The largest absolute Gasteiger partial charge is 0.243 e. The van der Waals surface area contributed by atoms with Gasteiger partial charge in [0.2, 0.25) is 20.0 Å². The summed E-state index contributed by atoms with van der Waals surface area (Å²) >= 11 is 0. The molecule has 3 rings (SSSR count). The number of hydrogen-bond acceptors (Lipinski definition) is 4. The molecule has 2 aromatic carbocycles. The first kappa shape index (κ1) is 22.0. The molecule has 0 N–H and O–H groups in total. The van der Waals surface area contributed by atoms with E-state index in [9.17, 15) is 16.8 Å². The molecule has 0 bridgehead atoms. The van der Waals surface area contributed by atoms with Crippen LogP contribution < -0.4 is 0 Å². The van der Waals surface area contributed by atoms with E-state index in [1.807, 2.05) is 31.2 Å². The molecule has 8 heteroatoms. The van der Waals surface area contributed by atoms with Crippen molar-refractivity contribution in [2.75, 3.05) is 19.6 Å². The van der Waals surface area contributed by atoms with Crippen LogP contribution in [-0.2, 0) is 20.0 Å². The average Bonchev–Trinajstić information content (AvgIpc) is 3.20. The molecule has 0 amide bonds. The lowest BCUT2D eigenvalue weighted by molar-refractivity contribution is 0.396. The summed E-state index contributed by atoms with van der Waals surface area (Å²) in [5.41, 5.74) is 2.11. The van der Waals surface area contributed by atoms with Gasteiger partial charge >= 0.3 is 0 Å². The molecule has 1 aliphatic heterocycles. The van der Waals surface area contributed by atoms with Gasteiger partial charge in [-0.3, -0.25) is 0 Å². The summed E-state index contributed by atoms with van der Waals surface area (Å²) in [4.78, 5) is 0.228. The van der Waals surface area contributed by atoms with E-state index in [2.05, 4.69) is 0 Å². The molecule has 1 unspecified atom stereocenters. The van der Waals surface area contributed by atoms with Gasteiger partial charge < -0.3 is 0 Å². The van der Waals surface area contributed by atoms with Crippen molar-refractivity contribution in [3.63, 3.8) is 0 Å². The van der Waals surface area contributed by atoms with E-state index < -0.39 is 20.0 Å². The van der Waals surface area contributed by atoms with Crippen molar-refractivity contribution in [1.82, 2.24) is 8.61 Å². The van der Waals surface area contributed by atoms with Crippen LogP contribution in [0.4, 0.5) is 0 Å². The third kappa shape index (κ3) is 4.26. The van der Waals surface area contributed by atoms with Crippen molar-refractivity contribution in [3.05, 3.63) is 59.7 Å². The van der Waals surface area contributed by atoms with Gasteiger partial charge in [0.15, 0.2) is 0 Å². The summed E-state index contributed by atoms with van der Waals surface area (Å²) in [6, 6.07) is 13.3. The molecule has 2 aromatic rings. The summed E-state index contributed by atoms with van der Waals surface area (Å²) in [6.07, 6.45) is 1.57. The summed E-state index contributed by atoms with van der Waals surface area (Å²) in [6.45, 7) is 6.74. The van der Waals surface area contributed by atoms with Gasteiger partial charge in [0, 0.05) is 19.6 Å². The van der Waals surface area contributed by atoms with Crippen LogP contribution in [0.25, 0.3) is 0 Å². The first-order chi connectivity index (χ1) is 13.7. The number of nitrogens with zero attached hydrogens (tertiary/aromatic N) is 2. The summed E-state index contributed by atoms with van der Waals surface area (Å²) in [5, 5.41) is 0. The number of hydrogen-bond donors (Lipinski definition) is 0. The minimum absolute atomic E-state index is 0.108. The Balaban J connectivity index is 1.90. The van der Waals surface area contributed by atoms with E-state index >= 15 is 0 Å². The number of aryl methyl sites for hydroxylation is 1. The van der Waals surface area contributed by atoms with Crippen molar-refractivity contribution in [3.8, 4) is 0 Å². The van der Waals surface area contributed by atoms with E-state index in [0.29, 0.717) is 19.6 Å². The molecule has 29 heavy (non-hydrogen) atoms. The van der Waals surface area contributed by atoms with Crippen LogP contribution in [0.1, 0.15) is 43.9 Å². The third-order valence-corrected chi connectivity index (χ3v) is 9.43. The highest BCUT2D eigenvalue weighted by molar-refractivity contribution is 7.89. The Morgan fingerprint density at radius 2 is 1.45 bits per heavy atom. The second-order valence-corrected chi connectivity index (χ2v) is 11.1. The van der Waals surface area contributed by atoms with Gasteiger partial charge in [0.1, 0.15) is 0 Å². The molecular formula is C21H28N2O4S2. The van der Waals surface area contributed by atoms with Crippen molar-refractivity contribution in [2.24, 2.45) is 0 Å². The lowest BCUT2D eigenvalue weighted by Crippen LogP contribution is -2.31. The highest BCUT2D eigenvalue weighted by Crippen LogP contribution is 2.36. The second kappa shape index (κ2) is 8.55. The lowest BCUT2D eigenvalue weighted by Gasteiger charge is -2.25. The molecule has 0 radical (unpaired) electrons. The Hall–Kier alpha value is -1.74. The van der Waals surface area contributed by atoms with Gasteiger partial charge in [0.25, 0.3) is 0 Å². The Bertz CT molecular complexity index is 1040. The Morgan fingerprint density at radius 1 is 0.897 bits per heavy atom. The van der Waals surface area contributed by atoms with Gasteiger partial charge in [-0.1, -0.05) is 43.7 Å². The maximum absolute atomic E-state index is 13.3. The highest BCUT2D eigenvalue weighted by Gasteiger charge is 2.36. The zero-order valence-electron chi connectivity index (χ0n) is 17.1. The lowest BCUT2D eigenvalue weighted by atomic mass is 10.0. The van der Waals surface area contributed by atoms with E-state index in [-0.39, 0.29) is 15.8 Å². The van der Waals surface area contributed by atoms with Gasteiger partial charge in [-0.05, 0) is 49.6 Å². The van der Waals surface area contributed by atoms with Gasteiger partial charge in [-0.15, -0.1) is 0 Å². The fraction of sp³-hybridized carbons (Fsp3) is 0.429. The maximum Gasteiger partial charge on any atom is 0.243 e. The van der Waals surface area contributed by atoms with Crippen molar-refractivity contribution >= 4 is 20.0 Å². The zero-order chi connectivity index (χ0) is 21.2. The highest BCUT2D eigenvalue weighted by atomic mass is 32.2. The van der Waals surface area contributed by atoms with E-state index in [0.717, 1.165) is 24.0 Å². The summed E-state index contributed by atoms with van der Waals surface area (Å²) < 4.78 is 54.7. The average molecular weight is 437 g/mol. The molecular weight excluding hydrogens is 408 g/mol. The standard InChI is InChI=1S/C21H28N2O4S2/c1-4-22(5-2)28(24,25)19-12-14-20(15-13-19)29(26,27)23-16-6-7-21(23)18-10-8-17(3)9-11-18/h8-15,21H,4-7,16H2,1-3H3. The van der Waals surface area contributed by atoms with Crippen LogP contribution >= 0.6 is 0 Å². The molecule has 158 valence electrons. The van der Waals surface area contributed by atoms with Crippen LogP contribution in [0.5, 0.6) is 0 Å². The Kier molecular flexibility index (Phi) is 6.48. The Morgan fingerprint density at radius 3 is 2.00 bits per heavy atom. The summed E-state index contributed by atoms with van der Waals surface area (Å²) in [7, 11) is -7.33. The molecule has 0 aliphatic carbocycles. The van der Waals surface area contributed by atoms with Crippen LogP contribution in [0.15, 0.2) is 58.3 Å². The van der Waals surface area contributed by atoms with Crippen molar-refractivity contribution in [1.29, 1.82) is 0 Å². The molecule has 0 saturated carbocycles. The minimum atomic E-state index is -3.71. The van der Waals surface area contributed by atoms with Crippen molar-refractivity contribution in [2.45, 2.75) is 49.4 Å². The monoisotopic (exact) mass is 436 g/mol. The smallest absolute Gasteiger partial charge is 0.207 e. The van der Waals surface area contributed by atoms with Gasteiger partial charge in [-0.2, -0.15) is 8.61 Å². The fourth-order valence-electron chi connectivity index (χ4n) is 3.78. The normalized spacial score (nSPS) is 18.4. The van der Waals surface area contributed by atoms with E-state index in [1.165, 1.54) is 32.9 Å². The van der Waals surface area contributed by atoms with Crippen LogP contribution in [0.3, 0.4) is 0 Å². The molecule has 1 heterocycles. The molecule has 6 nitrogen and oxygen atoms in total. The van der Waals surface area contributed by atoms with Crippen LogP contribution in [0.2, 0.25) is 0 Å². The number of benzene rings is 2. The second-order valence-electron chi connectivity index (χ2n) is 7.25. The van der Waals surface area contributed by atoms with Crippen LogP contribution in [-0.4, -0.2) is 45.1 Å². The molecule has 1 atom stereocenters. The van der Waals surface area contributed by atoms with Crippen LogP contribution in [0, 0.1) is 6.92 Å². The predicted octanol–water partition coefficient (Wildman–Crippen LogP) is 3.55. The Labute approximate surface area is 174 Å². The summed E-state index contributed by atoms with van der Waals surface area (Å²) in [5.74, 6) is 0. The molecule has 0 aromatic heterocycles. The van der Waals surface area contributed by atoms with Gasteiger partial charge in [0.05, 0.1) is 15.8 Å². The molecule has 1 saturated heterocycles. The zero-order valence-corrected chi connectivity index (χ0v) is 18.7. The topological polar surface area (TPSA) is 74.8 Å². The predicted molar refractivity (Wildman–Crippen MR) is 114 cm³/mol. The number of sulfonamides is 2.